The van der Waals surface area contributed by atoms with Crippen LogP contribution in [0, 0.1) is 5.92 Å². The summed E-state index contributed by atoms with van der Waals surface area (Å²) in [4.78, 5) is 11.8. The number of anilines is 2. The summed E-state index contributed by atoms with van der Waals surface area (Å²) in [7, 11) is 0. The van der Waals surface area contributed by atoms with Crippen LogP contribution >= 0.6 is 0 Å². The number of carbonyl (C=O) groups is 1. The molecule has 4 N–H and O–H groups in total. The summed E-state index contributed by atoms with van der Waals surface area (Å²) < 4.78 is 0. The van der Waals surface area contributed by atoms with Crippen LogP contribution in [0.25, 0.3) is 0 Å². The van der Waals surface area contributed by atoms with E-state index in [-0.39, 0.29) is 5.91 Å². The number of nitrogen functional groups attached to an aromatic ring is 1. The molecule has 0 heterocycles. The Balaban J connectivity index is 2.91. The van der Waals surface area contributed by atoms with Crippen molar-refractivity contribution >= 4 is 17.3 Å². The average Bonchev–Trinajstić information content (AvgIpc) is 2.26. The Labute approximate surface area is 103 Å². The number of rotatable bonds is 5. The number of hydrogen-bond donors (Lipinski definition) is 3. The Kier molecular flexibility index (Phi) is 4.82. The summed E-state index contributed by atoms with van der Waals surface area (Å²) in [5, 5.41) is 6.04. The quantitative estimate of drug-likeness (QED) is 0.684. The molecule has 4 nitrogen and oxygen atoms in total. The first kappa shape index (κ1) is 13.4. The Morgan fingerprint density at radius 1 is 1.41 bits per heavy atom. The molecule has 0 aliphatic heterocycles. The standard InChI is InChI=1S/C13H21N3O/c1-4-15-13(17)11-6-5-10(14)7-12(11)16-8-9(2)3/h5-7,9,16H,4,8,14H2,1-3H3,(H,15,17). The third-order valence-electron chi connectivity index (χ3n) is 2.33. The minimum absolute atomic E-state index is 0.0706. The third kappa shape index (κ3) is 3.98. The van der Waals surface area contributed by atoms with Crippen molar-refractivity contribution in [1.29, 1.82) is 0 Å². The minimum atomic E-state index is -0.0706. The SMILES string of the molecule is CCNC(=O)c1ccc(N)cc1NCC(C)C. The van der Waals surface area contributed by atoms with Gasteiger partial charge in [-0.1, -0.05) is 13.8 Å². The predicted octanol–water partition coefficient (Wildman–Crippen LogP) is 2.09. The van der Waals surface area contributed by atoms with Crippen molar-refractivity contribution in [3.8, 4) is 0 Å². The average molecular weight is 235 g/mol. The lowest BCUT2D eigenvalue weighted by Crippen LogP contribution is -2.24. The van der Waals surface area contributed by atoms with E-state index in [9.17, 15) is 4.79 Å². The van der Waals surface area contributed by atoms with Crippen LogP contribution < -0.4 is 16.4 Å². The zero-order valence-electron chi connectivity index (χ0n) is 10.7. The van der Waals surface area contributed by atoms with Gasteiger partial charge in [0, 0.05) is 24.5 Å². The second kappa shape index (κ2) is 6.13. The number of benzene rings is 1. The third-order valence-corrected chi connectivity index (χ3v) is 2.33. The number of amides is 1. The fourth-order valence-electron chi connectivity index (χ4n) is 1.48. The maximum atomic E-state index is 11.8. The first-order valence-electron chi connectivity index (χ1n) is 5.96. The maximum absolute atomic E-state index is 11.8. The molecule has 0 fully saturated rings. The van der Waals surface area contributed by atoms with Gasteiger partial charge in [0.05, 0.1) is 5.56 Å². The van der Waals surface area contributed by atoms with Crippen LogP contribution in [0.4, 0.5) is 11.4 Å². The topological polar surface area (TPSA) is 67.2 Å². The lowest BCUT2D eigenvalue weighted by Gasteiger charge is -2.14. The molecule has 0 aliphatic rings. The molecule has 0 saturated carbocycles. The van der Waals surface area contributed by atoms with Crippen LogP contribution in [0.2, 0.25) is 0 Å². The van der Waals surface area contributed by atoms with Gasteiger partial charge >= 0.3 is 0 Å². The van der Waals surface area contributed by atoms with Crippen molar-refractivity contribution in [1.82, 2.24) is 5.32 Å². The van der Waals surface area contributed by atoms with Gasteiger partial charge in [0.1, 0.15) is 0 Å². The van der Waals surface area contributed by atoms with Gasteiger partial charge in [-0.25, -0.2) is 0 Å². The Bertz CT molecular complexity index is 388. The van der Waals surface area contributed by atoms with E-state index in [1.165, 1.54) is 0 Å². The highest BCUT2D eigenvalue weighted by Gasteiger charge is 2.10. The molecule has 0 spiro atoms. The Morgan fingerprint density at radius 2 is 2.12 bits per heavy atom. The van der Waals surface area contributed by atoms with E-state index in [2.05, 4.69) is 24.5 Å². The molecular weight excluding hydrogens is 214 g/mol. The van der Waals surface area contributed by atoms with E-state index in [0.717, 1.165) is 12.2 Å². The van der Waals surface area contributed by atoms with Crippen molar-refractivity contribution in [2.45, 2.75) is 20.8 Å². The van der Waals surface area contributed by atoms with Gasteiger partial charge < -0.3 is 16.4 Å². The molecular formula is C13H21N3O. The van der Waals surface area contributed by atoms with E-state index in [1.54, 1.807) is 18.2 Å². The van der Waals surface area contributed by atoms with E-state index in [0.29, 0.717) is 23.7 Å². The summed E-state index contributed by atoms with van der Waals surface area (Å²) in [5.41, 5.74) is 7.83. The van der Waals surface area contributed by atoms with Crippen LogP contribution in [0.3, 0.4) is 0 Å². The first-order valence-corrected chi connectivity index (χ1v) is 5.96. The largest absolute Gasteiger partial charge is 0.399 e. The van der Waals surface area contributed by atoms with E-state index < -0.39 is 0 Å². The molecule has 0 aromatic heterocycles. The van der Waals surface area contributed by atoms with Gasteiger partial charge in [0.2, 0.25) is 0 Å². The number of carbonyl (C=O) groups excluding carboxylic acids is 1. The Morgan fingerprint density at radius 3 is 2.71 bits per heavy atom. The van der Waals surface area contributed by atoms with Gasteiger partial charge in [0.25, 0.3) is 5.91 Å². The number of hydrogen-bond acceptors (Lipinski definition) is 3. The molecule has 1 amide bonds. The molecule has 0 radical (unpaired) electrons. The van der Waals surface area contributed by atoms with Crippen LogP contribution in [-0.2, 0) is 0 Å². The van der Waals surface area contributed by atoms with Gasteiger partial charge in [-0.15, -0.1) is 0 Å². The molecule has 17 heavy (non-hydrogen) atoms. The smallest absolute Gasteiger partial charge is 0.253 e. The fourth-order valence-corrected chi connectivity index (χ4v) is 1.48. The lowest BCUT2D eigenvalue weighted by atomic mass is 10.1. The molecule has 4 heteroatoms. The second-order valence-corrected chi connectivity index (χ2v) is 4.44. The molecule has 94 valence electrons. The first-order chi connectivity index (χ1) is 8.04. The molecule has 0 saturated heterocycles. The van der Waals surface area contributed by atoms with Crippen molar-refractivity contribution < 1.29 is 4.79 Å². The van der Waals surface area contributed by atoms with Crippen molar-refractivity contribution in [2.24, 2.45) is 5.92 Å². The number of nitrogens with one attached hydrogen (secondary N) is 2. The van der Waals surface area contributed by atoms with Gasteiger partial charge in [-0.2, -0.15) is 0 Å². The normalized spacial score (nSPS) is 10.4. The Hall–Kier alpha value is -1.71. The van der Waals surface area contributed by atoms with Gasteiger partial charge in [-0.3, -0.25) is 4.79 Å². The molecule has 1 aromatic carbocycles. The number of nitrogens with two attached hydrogens (primary N) is 1. The van der Waals surface area contributed by atoms with Gasteiger partial charge in [0.15, 0.2) is 0 Å². The molecule has 1 rings (SSSR count). The van der Waals surface area contributed by atoms with E-state index in [1.807, 2.05) is 6.92 Å². The summed E-state index contributed by atoms with van der Waals surface area (Å²) in [6.07, 6.45) is 0. The molecule has 0 atom stereocenters. The summed E-state index contributed by atoms with van der Waals surface area (Å²) >= 11 is 0. The monoisotopic (exact) mass is 235 g/mol. The zero-order valence-corrected chi connectivity index (χ0v) is 10.7. The lowest BCUT2D eigenvalue weighted by molar-refractivity contribution is 0.0956. The van der Waals surface area contributed by atoms with Crippen LogP contribution in [0.1, 0.15) is 31.1 Å². The van der Waals surface area contributed by atoms with Crippen LogP contribution in [-0.4, -0.2) is 19.0 Å². The summed E-state index contributed by atoms with van der Waals surface area (Å²) in [6, 6.07) is 5.29. The van der Waals surface area contributed by atoms with Crippen LogP contribution in [0.15, 0.2) is 18.2 Å². The second-order valence-electron chi connectivity index (χ2n) is 4.44. The highest BCUT2D eigenvalue weighted by Crippen LogP contribution is 2.19. The molecule has 0 bridgehead atoms. The van der Waals surface area contributed by atoms with Crippen molar-refractivity contribution in [2.75, 3.05) is 24.1 Å². The van der Waals surface area contributed by atoms with Crippen LogP contribution in [0.5, 0.6) is 0 Å². The zero-order chi connectivity index (χ0) is 12.8. The van der Waals surface area contributed by atoms with Gasteiger partial charge in [-0.05, 0) is 31.0 Å². The highest BCUT2D eigenvalue weighted by atomic mass is 16.1. The van der Waals surface area contributed by atoms with Crippen molar-refractivity contribution in [3.05, 3.63) is 23.8 Å². The maximum Gasteiger partial charge on any atom is 0.253 e. The van der Waals surface area contributed by atoms with E-state index in [4.69, 9.17) is 5.73 Å². The molecule has 1 aromatic rings. The van der Waals surface area contributed by atoms with Crippen molar-refractivity contribution in [3.63, 3.8) is 0 Å². The minimum Gasteiger partial charge on any atom is -0.399 e. The molecule has 0 unspecified atom stereocenters. The predicted molar refractivity (Wildman–Crippen MR) is 72.2 cm³/mol. The molecule has 0 aliphatic carbocycles. The summed E-state index contributed by atoms with van der Waals surface area (Å²) in [6.45, 7) is 7.56. The highest BCUT2D eigenvalue weighted by molar-refractivity contribution is 6.00. The van der Waals surface area contributed by atoms with E-state index >= 15 is 0 Å². The fraction of sp³-hybridized carbons (Fsp3) is 0.462. The summed E-state index contributed by atoms with van der Waals surface area (Å²) in [5.74, 6) is 0.442.